The fraction of sp³-hybridized carbons (Fsp3) is 0.467. The molecule has 0 amide bonds. The molecule has 1 fully saturated rings. The highest BCUT2D eigenvalue weighted by molar-refractivity contribution is 5.47. The van der Waals surface area contributed by atoms with Crippen LogP contribution in [0.4, 0.5) is 5.69 Å². The van der Waals surface area contributed by atoms with Crippen molar-refractivity contribution in [3.05, 3.63) is 43.0 Å². The Balaban J connectivity index is 2.12. The first kappa shape index (κ1) is 11.3. The minimum absolute atomic E-state index is 0.717. The summed E-state index contributed by atoms with van der Waals surface area (Å²) in [5, 5.41) is 0. The third-order valence-corrected chi connectivity index (χ3v) is 3.43. The Kier molecular flexibility index (Phi) is 4.03. The van der Waals surface area contributed by atoms with E-state index in [9.17, 15) is 0 Å². The van der Waals surface area contributed by atoms with Gasteiger partial charge in [-0.15, -0.1) is 6.58 Å². The average molecular weight is 215 g/mol. The van der Waals surface area contributed by atoms with Crippen molar-refractivity contribution >= 4 is 5.69 Å². The molecule has 0 radical (unpaired) electrons. The lowest BCUT2D eigenvalue weighted by Crippen LogP contribution is -2.36. The van der Waals surface area contributed by atoms with E-state index in [2.05, 4.69) is 41.8 Å². The van der Waals surface area contributed by atoms with E-state index in [-0.39, 0.29) is 0 Å². The van der Waals surface area contributed by atoms with Crippen LogP contribution in [0, 0.1) is 0 Å². The van der Waals surface area contributed by atoms with Crippen LogP contribution in [0.25, 0.3) is 0 Å². The van der Waals surface area contributed by atoms with Gasteiger partial charge in [0.1, 0.15) is 0 Å². The Hall–Kier alpha value is -1.24. The van der Waals surface area contributed by atoms with Crippen LogP contribution in [-0.2, 0) is 0 Å². The zero-order valence-electron chi connectivity index (χ0n) is 9.94. The van der Waals surface area contributed by atoms with Crippen molar-refractivity contribution in [3.8, 4) is 0 Å². The van der Waals surface area contributed by atoms with Gasteiger partial charge < -0.3 is 4.90 Å². The Labute approximate surface area is 98.8 Å². The molecule has 1 saturated carbocycles. The van der Waals surface area contributed by atoms with Crippen molar-refractivity contribution in [2.75, 3.05) is 11.4 Å². The van der Waals surface area contributed by atoms with E-state index in [4.69, 9.17) is 0 Å². The van der Waals surface area contributed by atoms with Crippen LogP contribution in [0.5, 0.6) is 0 Å². The molecule has 0 spiro atoms. The van der Waals surface area contributed by atoms with E-state index in [0.717, 1.165) is 6.54 Å². The Bertz CT molecular complexity index is 311. The van der Waals surface area contributed by atoms with E-state index < -0.39 is 0 Å². The molecule has 0 aromatic heterocycles. The quantitative estimate of drug-likeness (QED) is 0.686. The summed E-state index contributed by atoms with van der Waals surface area (Å²) in [5.41, 5.74) is 1.34. The molecule has 0 unspecified atom stereocenters. The van der Waals surface area contributed by atoms with Gasteiger partial charge in [0.15, 0.2) is 0 Å². The predicted octanol–water partition coefficient (Wildman–Crippen LogP) is 4.01. The lowest BCUT2D eigenvalue weighted by molar-refractivity contribution is 0.421. The Morgan fingerprint density at radius 2 is 1.81 bits per heavy atom. The predicted molar refractivity (Wildman–Crippen MR) is 70.9 cm³/mol. The van der Waals surface area contributed by atoms with Crippen molar-refractivity contribution in [2.24, 2.45) is 0 Å². The molecular formula is C15H21N. The number of para-hydroxylation sites is 1. The van der Waals surface area contributed by atoms with Crippen LogP contribution in [0.15, 0.2) is 43.0 Å². The molecule has 0 heterocycles. The highest BCUT2D eigenvalue weighted by Crippen LogP contribution is 2.26. The summed E-state index contributed by atoms with van der Waals surface area (Å²) >= 11 is 0. The third kappa shape index (κ3) is 2.66. The minimum atomic E-state index is 0.717. The number of hydrogen-bond donors (Lipinski definition) is 0. The van der Waals surface area contributed by atoms with Crippen LogP contribution in [0.3, 0.4) is 0 Å². The summed E-state index contributed by atoms with van der Waals surface area (Å²) in [7, 11) is 0. The summed E-state index contributed by atoms with van der Waals surface area (Å²) in [6, 6.07) is 11.4. The molecule has 2 rings (SSSR count). The van der Waals surface area contributed by atoms with Crippen molar-refractivity contribution in [3.63, 3.8) is 0 Å². The highest BCUT2D eigenvalue weighted by Gasteiger charge is 2.20. The standard InChI is InChI=1S/C15H21N/c1-2-13-16(14-9-5-3-6-10-14)15-11-7-4-8-12-15/h2-3,5-6,9-10,15H,1,4,7-8,11-13H2. The zero-order valence-corrected chi connectivity index (χ0v) is 9.94. The second kappa shape index (κ2) is 5.74. The molecule has 1 heteroatoms. The van der Waals surface area contributed by atoms with Gasteiger partial charge in [0.05, 0.1) is 0 Å². The van der Waals surface area contributed by atoms with E-state index in [1.54, 1.807) is 0 Å². The summed E-state index contributed by atoms with van der Waals surface area (Å²) in [6.45, 7) is 4.85. The third-order valence-electron chi connectivity index (χ3n) is 3.43. The van der Waals surface area contributed by atoms with Crippen molar-refractivity contribution in [1.29, 1.82) is 0 Å². The number of benzene rings is 1. The molecule has 1 aliphatic carbocycles. The molecule has 1 nitrogen and oxygen atoms in total. The van der Waals surface area contributed by atoms with Gasteiger partial charge >= 0.3 is 0 Å². The number of rotatable bonds is 4. The molecule has 0 bridgehead atoms. The number of nitrogens with zero attached hydrogens (tertiary/aromatic N) is 1. The highest BCUT2D eigenvalue weighted by atomic mass is 15.2. The van der Waals surface area contributed by atoms with Gasteiger partial charge in [-0.05, 0) is 25.0 Å². The Morgan fingerprint density at radius 3 is 2.44 bits per heavy atom. The summed E-state index contributed by atoms with van der Waals surface area (Å²) in [6.07, 6.45) is 8.86. The first-order chi connectivity index (χ1) is 7.92. The maximum atomic E-state index is 3.88. The van der Waals surface area contributed by atoms with Gasteiger partial charge in [0, 0.05) is 18.3 Å². The molecule has 16 heavy (non-hydrogen) atoms. The van der Waals surface area contributed by atoms with Crippen LogP contribution < -0.4 is 4.90 Å². The first-order valence-corrected chi connectivity index (χ1v) is 6.34. The molecule has 0 N–H and O–H groups in total. The van der Waals surface area contributed by atoms with Gasteiger partial charge in [0.25, 0.3) is 0 Å². The van der Waals surface area contributed by atoms with Crippen LogP contribution >= 0.6 is 0 Å². The molecule has 0 atom stereocenters. The summed E-state index contributed by atoms with van der Waals surface area (Å²) < 4.78 is 0. The lowest BCUT2D eigenvalue weighted by atomic mass is 9.94. The average Bonchev–Trinajstić information content (AvgIpc) is 2.38. The van der Waals surface area contributed by atoms with Crippen molar-refractivity contribution < 1.29 is 0 Å². The maximum Gasteiger partial charge on any atom is 0.0371 e. The van der Waals surface area contributed by atoms with Crippen LogP contribution in [0.1, 0.15) is 32.1 Å². The molecule has 1 aliphatic rings. The lowest BCUT2D eigenvalue weighted by Gasteiger charge is -2.35. The molecule has 0 saturated heterocycles. The van der Waals surface area contributed by atoms with Crippen LogP contribution in [-0.4, -0.2) is 12.6 Å². The topological polar surface area (TPSA) is 3.24 Å². The van der Waals surface area contributed by atoms with E-state index in [1.807, 2.05) is 6.08 Å². The monoisotopic (exact) mass is 215 g/mol. The van der Waals surface area contributed by atoms with Crippen molar-refractivity contribution in [1.82, 2.24) is 0 Å². The van der Waals surface area contributed by atoms with E-state index in [0.29, 0.717) is 6.04 Å². The molecule has 1 aromatic rings. The minimum Gasteiger partial charge on any atom is -0.365 e. The fourth-order valence-corrected chi connectivity index (χ4v) is 2.62. The van der Waals surface area contributed by atoms with E-state index >= 15 is 0 Å². The van der Waals surface area contributed by atoms with E-state index in [1.165, 1.54) is 37.8 Å². The van der Waals surface area contributed by atoms with Gasteiger partial charge in [-0.1, -0.05) is 43.5 Å². The SMILES string of the molecule is C=CCN(c1ccccc1)C1CCCCC1. The number of anilines is 1. The smallest absolute Gasteiger partial charge is 0.0371 e. The Morgan fingerprint density at radius 1 is 1.12 bits per heavy atom. The van der Waals surface area contributed by atoms with Crippen molar-refractivity contribution in [2.45, 2.75) is 38.1 Å². The maximum absolute atomic E-state index is 3.88. The number of hydrogen-bond acceptors (Lipinski definition) is 1. The molecule has 0 aliphatic heterocycles. The van der Waals surface area contributed by atoms with Gasteiger partial charge in [-0.3, -0.25) is 0 Å². The second-order valence-corrected chi connectivity index (χ2v) is 4.57. The van der Waals surface area contributed by atoms with Crippen LogP contribution in [0.2, 0.25) is 0 Å². The summed E-state index contributed by atoms with van der Waals surface area (Å²) in [4.78, 5) is 2.51. The van der Waals surface area contributed by atoms with Gasteiger partial charge in [0.2, 0.25) is 0 Å². The molecule has 86 valence electrons. The summed E-state index contributed by atoms with van der Waals surface area (Å²) in [5.74, 6) is 0. The first-order valence-electron chi connectivity index (χ1n) is 6.34. The fourth-order valence-electron chi connectivity index (χ4n) is 2.62. The normalized spacial score (nSPS) is 17.0. The molecule has 1 aromatic carbocycles. The zero-order chi connectivity index (χ0) is 11.2. The van der Waals surface area contributed by atoms with Gasteiger partial charge in [-0.25, -0.2) is 0 Å². The second-order valence-electron chi connectivity index (χ2n) is 4.57. The van der Waals surface area contributed by atoms with Gasteiger partial charge in [-0.2, -0.15) is 0 Å². The largest absolute Gasteiger partial charge is 0.365 e. The molecular weight excluding hydrogens is 194 g/mol.